The van der Waals surface area contributed by atoms with Gasteiger partial charge in [-0.2, -0.15) is 0 Å². The lowest BCUT2D eigenvalue weighted by molar-refractivity contribution is 0.195. The predicted octanol–water partition coefficient (Wildman–Crippen LogP) is 3.55. The molecule has 0 aliphatic carbocycles. The van der Waals surface area contributed by atoms with Gasteiger partial charge in [0.2, 0.25) is 0 Å². The molecule has 1 atom stereocenters. The molecule has 1 aromatic rings. The standard InChI is InChI=1S/C11H16BrNOS/c1-8(5-6-14-2)15-11-4-3-9(12)7-10(11)13/h3-4,7-8H,5-6,13H2,1-2H3. The van der Waals surface area contributed by atoms with Crippen LogP contribution in [0.5, 0.6) is 0 Å². The number of methoxy groups -OCH3 is 1. The molecular formula is C11H16BrNOS. The molecule has 0 saturated carbocycles. The first-order valence-electron chi connectivity index (χ1n) is 4.84. The van der Waals surface area contributed by atoms with Crippen LogP contribution in [0.4, 0.5) is 5.69 Å². The van der Waals surface area contributed by atoms with Crippen molar-refractivity contribution >= 4 is 33.4 Å². The zero-order chi connectivity index (χ0) is 11.3. The summed E-state index contributed by atoms with van der Waals surface area (Å²) in [7, 11) is 1.73. The van der Waals surface area contributed by atoms with E-state index in [4.69, 9.17) is 10.5 Å². The molecule has 0 amide bonds. The Morgan fingerprint density at radius 3 is 2.87 bits per heavy atom. The third-order valence-corrected chi connectivity index (χ3v) is 3.79. The number of halogens is 1. The molecule has 0 spiro atoms. The van der Waals surface area contributed by atoms with Gasteiger partial charge in [0.25, 0.3) is 0 Å². The van der Waals surface area contributed by atoms with Crippen LogP contribution >= 0.6 is 27.7 Å². The third-order valence-electron chi connectivity index (χ3n) is 2.03. The van der Waals surface area contributed by atoms with Gasteiger partial charge in [-0.3, -0.25) is 0 Å². The van der Waals surface area contributed by atoms with Crippen molar-refractivity contribution < 1.29 is 4.74 Å². The highest BCUT2D eigenvalue weighted by atomic mass is 79.9. The number of rotatable bonds is 5. The minimum Gasteiger partial charge on any atom is -0.398 e. The molecule has 0 aromatic heterocycles. The maximum absolute atomic E-state index is 5.92. The lowest BCUT2D eigenvalue weighted by atomic mass is 10.3. The van der Waals surface area contributed by atoms with Gasteiger partial charge in [-0.25, -0.2) is 0 Å². The average Bonchev–Trinajstić information content (AvgIpc) is 2.19. The lowest BCUT2D eigenvalue weighted by Crippen LogP contribution is -2.02. The minimum absolute atomic E-state index is 0.522. The van der Waals surface area contributed by atoms with Crippen molar-refractivity contribution in [2.24, 2.45) is 0 Å². The molecule has 15 heavy (non-hydrogen) atoms. The molecule has 84 valence electrons. The number of benzene rings is 1. The van der Waals surface area contributed by atoms with Gasteiger partial charge in [0.15, 0.2) is 0 Å². The highest BCUT2D eigenvalue weighted by Gasteiger charge is 2.07. The van der Waals surface area contributed by atoms with E-state index in [1.54, 1.807) is 18.9 Å². The Kier molecular flexibility index (Phi) is 5.50. The molecule has 1 unspecified atom stereocenters. The third kappa shape index (κ3) is 4.45. The Hall–Kier alpha value is -0.190. The van der Waals surface area contributed by atoms with Crippen LogP contribution in [0.15, 0.2) is 27.6 Å². The zero-order valence-corrected chi connectivity index (χ0v) is 11.4. The summed E-state index contributed by atoms with van der Waals surface area (Å²) < 4.78 is 6.07. The van der Waals surface area contributed by atoms with Gasteiger partial charge in [0.05, 0.1) is 0 Å². The van der Waals surface area contributed by atoms with E-state index >= 15 is 0 Å². The summed E-state index contributed by atoms with van der Waals surface area (Å²) in [6.07, 6.45) is 1.04. The van der Waals surface area contributed by atoms with Gasteiger partial charge >= 0.3 is 0 Å². The second-order valence-corrected chi connectivity index (χ2v) is 5.79. The number of nitrogens with two attached hydrogens (primary N) is 1. The van der Waals surface area contributed by atoms with Crippen molar-refractivity contribution in [2.75, 3.05) is 19.5 Å². The summed E-state index contributed by atoms with van der Waals surface area (Å²) in [5.41, 5.74) is 6.75. The summed E-state index contributed by atoms with van der Waals surface area (Å²) >= 11 is 5.19. The molecule has 0 fully saturated rings. The quantitative estimate of drug-likeness (QED) is 0.665. The predicted molar refractivity (Wildman–Crippen MR) is 70.4 cm³/mol. The van der Waals surface area contributed by atoms with Crippen molar-refractivity contribution in [3.05, 3.63) is 22.7 Å². The lowest BCUT2D eigenvalue weighted by Gasteiger charge is -2.12. The molecule has 4 heteroatoms. The van der Waals surface area contributed by atoms with E-state index in [9.17, 15) is 0 Å². The summed E-state index contributed by atoms with van der Waals surface area (Å²) in [5.74, 6) is 0. The fourth-order valence-electron chi connectivity index (χ4n) is 1.19. The van der Waals surface area contributed by atoms with Crippen LogP contribution in [-0.4, -0.2) is 19.0 Å². The maximum atomic E-state index is 5.92. The summed E-state index contributed by atoms with van der Waals surface area (Å²) in [6.45, 7) is 2.98. The average molecular weight is 290 g/mol. The van der Waals surface area contributed by atoms with Gasteiger partial charge in [-0.05, 0) is 24.6 Å². The zero-order valence-electron chi connectivity index (χ0n) is 9.00. The van der Waals surface area contributed by atoms with Crippen LogP contribution in [0.2, 0.25) is 0 Å². The van der Waals surface area contributed by atoms with Crippen molar-refractivity contribution in [1.29, 1.82) is 0 Å². The van der Waals surface area contributed by atoms with Crippen molar-refractivity contribution in [3.8, 4) is 0 Å². The molecule has 0 heterocycles. The fourth-order valence-corrected chi connectivity index (χ4v) is 2.55. The number of nitrogen functional groups attached to an aromatic ring is 1. The van der Waals surface area contributed by atoms with Crippen LogP contribution in [-0.2, 0) is 4.74 Å². The molecule has 2 nitrogen and oxygen atoms in total. The Balaban J connectivity index is 2.56. The van der Waals surface area contributed by atoms with Gasteiger partial charge in [0.1, 0.15) is 0 Å². The van der Waals surface area contributed by atoms with E-state index in [0.717, 1.165) is 28.1 Å². The van der Waals surface area contributed by atoms with Crippen molar-refractivity contribution in [1.82, 2.24) is 0 Å². The molecule has 0 saturated heterocycles. The van der Waals surface area contributed by atoms with E-state index in [2.05, 4.69) is 22.9 Å². The SMILES string of the molecule is COCCC(C)Sc1ccc(Br)cc1N. The molecule has 0 bridgehead atoms. The van der Waals surface area contributed by atoms with Gasteiger partial charge in [0, 0.05) is 34.0 Å². The van der Waals surface area contributed by atoms with Crippen LogP contribution in [0.1, 0.15) is 13.3 Å². The highest BCUT2D eigenvalue weighted by Crippen LogP contribution is 2.31. The summed E-state index contributed by atoms with van der Waals surface area (Å²) in [4.78, 5) is 1.14. The van der Waals surface area contributed by atoms with Crippen LogP contribution in [0.3, 0.4) is 0 Å². The molecule has 0 aliphatic heterocycles. The Morgan fingerprint density at radius 2 is 2.27 bits per heavy atom. The largest absolute Gasteiger partial charge is 0.398 e. The fraction of sp³-hybridized carbons (Fsp3) is 0.455. The van der Waals surface area contributed by atoms with Gasteiger partial charge < -0.3 is 10.5 Å². The number of hydrogen-bond donors (Lipinski definition) is 1. The number of anilines is 1. The number of thioether (sulfide) groups is 1. The molecule has 1 aromatic carbocycles. The number of hydrogen-bond acceptors (Lipinski definition) is 3. The van der Waals surface area contributed by atoms with Crippen LogP contribution in [0.25, 0.3) is 0 Å². The van der Waals surface area contributed by atoms with E-state index in [1.807, 2.05) is 18.2 Å². The second-order valence-electron chi connectivity index (χ2n) is 3.39. The van der Waals surface area contributed by atoms with E-state index in [1.165, 1.54) is 0 Å². The topological polar surface area (TPSA) is 35.2 Å². The molecular weight excluding hydrogens is 274 g/mol. The Labute approximate surface area is 104 Å². The molecule has 2 N–H and O–H groups in total. The monoisotopic (exact) mass is 289 g/mol. The van der Waals surface area contributed by atoms with E-state index in [0.29, 0.717) is 5.25 Å². The maximum Gasteiger partial charge on any atom is 0.0472 e. The molecule has 0 aliphatic rings. The molecule has 1 rings (SSSR count). The molecule has 0 radical (unpaired) electrons. The van der Waals surface area contributed by atoms with Crippen molar-refractivity contribution in [2.45, 2.75) is 23.5 Å². The smallest absolute Gasteiger partial charge is 0.0472 e. The van der Waals surface area contributed by atoms with Crippen molar-refractivity contribution in [3.63, 3.8) is 0 Å². The van der Waals surface area contributed by atoms with E-state index < -0.39 is 0 Å². The first kappa shape index (κ1) is 12.9. The first-order chi connectivity index (χ1) is 7.13. The number of ether oxygens (including phenoxy) is 1. The normalized spacial score (nSPS) is 12.7. The Bertz CT molecular complexity index is 319. The summed E-state index contributed by atoms with van der Waals surface area (Å²) in [5, 5.41) is 0.522. The first-order valence-corrected chi connectivity index (χ1v) is 6.51. The van der Waals surface area contributed by atoms with Crippen LogP contribution in [0, 0.1) is 0 Å². The van der Waals surface area contributed by atoms with Crippen LogP contribution < -0.4 is 5.73 Å². The summed E-state index contributed by atoms with van der Waals surface area (Å²) in [6, 6.07) is 6.00. The second kappa shape index (κ2) is 6.40. The van der Waals surface area contributed by atoms with E-state index in [-0.39, 0.29) is 0 Å². The Morgan fingerprint density at radius 1 is 1.53 bits per heavy atom. The van der Waals surface area contributed by atoms with Gasteiger partial charge in [-0.1, -0.05) is 22.9 Å². The minimum atomic E-state index is 0.522. The van der Waals surface area contributed by atoms with Gasteiger partial charge in [-0.15, -0.1) is 11.8 Å². The highest BCUT2D eigenvalue weighted by molar-refractivity contribution is 9.10.